The van der Waals surface area contributed by atoms with Crippen molar-refractivity contribution < 1.29 is 13.2 Å². The van der Waals surface area contributed by atoms with Gasteiger partial charge in [0.15, 0.2) is 0 Å². The minimum atomic E-state index is -3.57. The van der Waals surface area contributed by atoms with Gasteiger partial charge in [0.05, 0.1) is 10.6 Å². The number of hydrogen-bond donors (Lipinski definition) is 2. The third kappa shape index (κ3) is 3.95. The minimum absolute atomic E-state index is 0.161. The van der Waals surface area contributed by atoms with Crippen molar-refractivity contribution in [2.45, 2.75) is 18.6 Å². The van der Waals surface area contributed by atoms with Gasteiger partial charge >= 0.3 is 0 Å². The van der Waals surface area contributed by atoms with Crippen LogP contribution < -0.4 is 10.5 Å². The number of rotatable bonds is 4. The van der Waals surface area contributed by atoms with Crippen LogP contribution >= 0.6 is 11.3 Å². The lowest BCUT2D eigenvalue weighted by Crippen LogP contribution is -2.14. The molecule has 1 aliphatic rings. The number of amides is 1. The molecule has 2 aromatic carbocycles. The molecule has 1 aliphatic carbocycles. The fourth-order valence-corrected chi connectivity index (χ4v) is 5.12. The number of hydrogen-bond acceptors (Lipinski definition) is 4. The molecule has 0 spiro atoms. The van der Waals surface area contributed by atoms with Crippen LogP contribution in [0.25, 0.3) is 10.4 Å². The maximum Gasteiger partial charge on any atom is 0.265 e. The van der Waals surface area contributed by atoms with Crippen LogP contribution in [-0.4, -0.2) is 14.3 Å². The summed E-state index contributed by atoms with van der Waals surface area (Å²) in [5, 5.41) is 7.92. The van der Waals surface area contributed by atoms with E-state index in [-0.39, 0.29) is 11.7 Å². The van der Waals surface area contributed by atoms with Gasteiger partial charge in [0.1, 0.15) is 0 Å². The number of thiophene rings is 1. The van der Waals surface area contributed by atoms with Crippen molar-refractivity contribution in [3.8, 4) is 10.4 Å². The smallest absolute Gasteiger partial charge is 0.265 e. The lowest BCUT2D eigenvalue weighted by atomic mass is 9.91. The molecule has 0 saturated carbocycles. The first-order chi connectivity index (χ1) is 12.9. The second kappa shape index (κ2) is 6.92. The van der Waals surface area contributed by atoms with Crippen LogP contribution in [0, 0.1) is 0 Å². The van der Waals surface area contributed by atoms with Crippen LogP contribution in [0.15, 0.2) is 54.6 Å². The topological polar surface area (TPSA) is 89.3 Å². The third-order valence-electron chi connectivity index (χ3n) is 4.54. The van der Waals surface area contributed by atoms with Crippen LogP contribution in [0.4, 0.5) is 5.69 Å². The molecule has 7 heteroatoms. The Kier molecular flexibility index (Phi) is 4.59. The van der Waals surface area contributed by atoms with Crippen LogP contribution in [0.3, 0.4) is 0 Å². The van der Waals surface area contributed by atoms with Crippen molar-refractivity contribution in [3.05, 3.63) is 76.2 Å². The van der Waals surface area contributed by atoms with Gasteiger partial charge in [-0.1, -0.05) is 36.4 Å². The first-order valence-corrected chi connectivity index (χ1v) is 11.0. The Bertz CT molecular complexity index is 1120. The molecule has 3 N–H and O–H groups in total. The minimum Gasteiger partial charge on any atom is -0.321 e. The van der Waals surface area contributed by atoms with Crippen molar-refractivity contribution in [1.29, 1.82) is 0 Å². The van der Waals surface area contributed by atoms with Crippen LogP contribution in [-0.2, 0) is 28.6 Å². The van der Waals surface area contributed by atoms with E-state index in [0.29, 0.717) is 16.1 Å². The van der Waals surface area contributed by atoms with Crippen LogP contribution in [0.5, 0.6) is 0 Å². The molecule has 1 amide bonds. The maximum absolute atomic E-state index is 12.6. The lowest BCUT2D eigenvalue weighted by molar-refractivity contribution is 0.103. The Morgan fingerprint density at radius 2 is 1.74 bits per heavy atom. The Morgan fingerprint density at radius 3 is 2.48 bits per heavy atom. The molecule has 1 aromatic heterocycles. The molecule has 0 fully saturated rings. The molecular weight excluding hydrogens is 380 g/mol. The van der Waals surface area contributed by atoms with E-state index in [9.17, 15) is 13.2 Å². The van der Waals surface area contributed by atoms with Gasteiger partial charge < -0.3 is 5.32 Å². The largest absolute Gasteiger partial charge is 0.321 e. The Balaban J connectivity index is 1.53. The van der Waals surface area contributed by atoms with Crippen molar-refractivity contribution >= 4 is 33.0 Å². The fourth-order valence-electron chi connectivity index (χ4n) is 3.29. The number of nitrogens with one attached hydrogen (secondary N) is 1. The van der Waals surface area contributed by atoms with Crippen LogP contribution in [0.1, 0.15) is 26.4 Å². The summed E-state index contributed by atoms with van der Waals surface area (Å²) in [6.07, 6.45) is 1.94. The second-order valence-corrected chi connectivity index (χ2v) is 9.25. The SMILES string of the molecule is NS(=O)(=O)Cc1ccc(NC(=O)c2cc3c(s2)-c2ccccc2CC3)cc1. The molecule has 0 radical (unpaired) electrons. The number of sulfonamides is 1. The average molecular weight is 399 g/mol. The van der Waals surface area contributed by atoms with E-state index in [1.807, 2.05) is 18.2 Å². The normalized spacial score (nSPS) is 12.9. The summed E-state index contributed by atoms with van der Waals surface area (Å²) in [4.78, 5) is 14.5. The fraction of sp³-hybridized carbons (Fsp3) is 0.150. The van der Waals surface area contributed by atoms with Crippen molar-refractivity contribution in [2.75, 3.05) is 5.32 Å². The third-order valence-corrected chi connectivity index (χ3v) is 6.48. The highest BCUT2D eigenvalue weighted by Crippen LogP contribution is 2.39. The zero-order chi connectivity index (χ0) is 19.0. The highest BCUT2D eigenvalue weighted by Gasteiger charge is 2.21. The summed E-state index contributed by atoms with van der Waals surface area (Å²) in [5.41, 5.74) is 4.95. The average Bonchev–Trinajstić information content (AvgIpc) is 3.07. The van der Waals surface area contributed by atoms with Gasteiger partial charge in [-0.05, 0) is 53.3 Å². The quantitative estimate of drug-likeness (QED) is 0.704. The van der Waals surface area contributed by atoms with Crippen molar-refractivity contribution in [3.63, 3.8) is 0 Å². The summed E-state index contributed by atoms with van der Waals surface area (Å²) in [6, 6.07) is 17.0. The molecule has 3 aromatic rings. The van der Waals surface area contributed by atoms with Gasteiger partial charge in [-0.25, -0.2) is 13.6 Å². The monoisotopic (exact) mass is 398 g/mol. The van der Waals surface area contributed by atoms with E-state index in [4.69, 9.17) is 5.14 Å². The standard InChI is InChI=1S/C20H18N2O3S2/c21-27(24,25)12-13-5-9-16(10-6-13)22-20(23)18-11-15-8-7-14-3-1-2-4-17(14)19(15)26-18/h1-6,9-11H,7-8,12H2,(H,22,23)(H2,21,24,25). The molecule has 27 heavy (non-hydrogen) atoms. The van der Waals surface area contributed by atoms with Gasteiger partial charge in [0.2, 0.25) is 10.0 Å². The maximum atomic E-state index is 12.6. The predicted octanol–water partition coefficient (Wildman–Crippen LogP) is 3.55. The van der Waals surface area contributed by atoms with Gasteiger partial charge in [0.25, 0.3) is 5.91 Å². The highest BCUT2D eigenvalue weighted by molar-refractivity contribution is 7.88. The number of nitrogens with two attached hydrogens (primary N) is 1. The molecule has 138 valence electrons. The number of carbonyl (C=O) groups excluding carboxylic acids is 1. The van der Waals surface area contributed by atoms with E-state index in [1.54, 1.807) is 24.3 Å². The summed E-state index contributed by atoms with van der Waals surface area (Å²) in [6.45, 7) is 0. The zero-order valence-corrected chi connectivity index (χ0v) is 16.1. The van der Waals surface area contributed by atoms with Crippen LogP contribution in [0.2, 0.25) is 0 Å². The Labute approximate surface area is 161 Å². The lowest BCUT2D eigenvalue weighted by Gasteiger charge is -2.15. The number of carbonyl (C=O) groups is 1. The van der Waals surface area contributed by atoms with Gasteiger partial charge in [-0.3, -0.25) is 4.79 Å². The molecule has 0 bridgehead atoms. The second-order valence-electron chi connectivity index (χ2n) is 6.58. The molecular formula is C20H18N2O3S2. The van der Waals surface area contributed by atoms with Gasteiger partial charge in [-0.2, -0.15) is 0 Å². The predicted molar refractivity (Wildman–Crippen MR) is 108 cm³/mol. The zero-order valence-electron chi connectivity index (χ0n) is 14.4. The number of fused-ring (bicyclic) bond motifs is 3. The number of aryl methyl sites for hydroxylation is 2. The first kappa shape index (κ1) is 17.9. The molecule has 0 unspecified atom stereocenters. The van der Waals surface area contributed by atoms with E-state index in [0.717, 1.165) is 12.8 Å². The molecule has 0 saturated heterocycles. The summed E-state index contributed by atoms with van der Waals surface area (Å²) >= 11 is 1.51. The van der Waals surface area contributed by atoms with Crippen molar-refractivity contribution in [2.24, 2.45) is 5.14 Å². The molecule has 0 aliphatic heterocycles. The van der Waals surface area contributed by atoms with Crippen molar-refractivity contribution in [1.82, 2.24) is 0 Å². The summed E-state index contributed by atoms with van der Waals surface area (Å²) in [7, 11) is -3.57. The van der Waals surface area contributed by atoms with E-state index >= 15 is 0 Å². The van der Waals surface area contributed by atoms with E-state index in [1.165, 1.54) is 32.9 Å². The molecule has 0 atom stereocenters. The van der Waals surface area contributed by atoms with Gasteiger partial charge in [-0.15, -0.1) is 11.3 Å². The number of primary sulfonamides is 1. The summed E-state index contributed by atoms with van der Waals surface area (Å²) in [5.74, 6) is -0.385. The van der Waals surface area contributed by atoms with Gasteiger partial charge in [0, 0.05) is 10.6 Å². The van der Waals surface area contributed by atoms with E-state index in [2.05, 4.69) is 17.4 Å². The molecule has 5 nitrogen and oxygen atoms in total. The number of benzene rings is 2. The first-order valence-electron chi connectivity index (χ1n) is 8.51. The summed E-state index contributed by atoms with van der Waals surface area (Å²) < 4.78 is 22.3. The molecule has 4 rings (SSSR count). The Morgan fingerprint density at radius 1 is 1.04 bits per heavy atom. The highest BCUT2D eigenvalue weighted by atomic mass is 32.2. The van der Waals surface area contributed by atoms with E-state index < -0.39 is 10.0 Å². The Hall–Kier alpha value is -2.48. The number of anilines is 1. The molecule has 1 heterocycles.